The third-order valence-electron chi connectivity index (χ3n) is 3.36. The summed E-state index contributed by atoms with van der Waals surface area (Å²) in [6, 6.07) is 8.76. The molecule has 1 aromatic carbocycles. The van der Waals surface area contributed by atoms with Gasteiger partial charge in [0.15, 0.2) is 0 Å². The van der Waals surface area contributed by atoms with Gasteiger partial charge in [-0.15, -0.1) is 0 Å². The van der Waals surface area contributed by atoms with E-state index in [1.165, 1.54) is 0 Å². The van der Waals surface area contributed by atoms with E-state index in [1.807, 2.05) is 6.07 Å². The molecule has 1 aromatic rings. The molecule has 1 fully saturated rings. The maximum absolute atomic E-state index is 11.9. The summed E-state index contributed by atoms with van der Waals surface area (Å²) in [6.45, 7) is 1.93. The van der Waals surface area contributed by atoms with Crippen LogP contribution in [0.4, 0.5) is 0 Å². The van der Waals surface area contributed by atoms with Gasteiger partial charge in [-0.2, -0.15) is 0 Å². The molecular formula is C14H17B2NO2. The van der Waals surface area contributed by atoms with Crippen molar-refractivity contribution in [2.24, 2.45) is 5.92 Å². The molecule has 4 radical (unpaired) electrons. The van der Waals surface area contributed by atoms with Crippen LogP contribution < -0.4 is 5.32 Å². The van der Waals surface area contributed by atoms with Gasteiger partial charge >= 0.3 is 5.97 Å². The maximum atomic E-state index is 11.9. The Morgan fingerprint density at radius 3 is 2.53 bits per heavy atom. The first-order valence-electron chi connectivity index (χ1n) is 6.64. The largest absolute Gasteiger partial charge is 0.476 e. The number of esters is 1. The summed E-state index contributed by atoms with van der Waals surface area (Å²) in [7, 11) is 11.8. The first-order valence-corrected chi connectivity index (χ1v) is 6.64. The predicted octanol–water partition coefficient (Wildman–Crippen LogP) is 1.22. The van der Waals surface area contributed by atoms with Gasteiger partial charge in [-0.25, -0.2) is 4.79 Å². The van der Waals surface area contributed by atoms with Gasteiger partial charge in [-0.3, -0.25) is 0 Å². The second-order valence-corrected chi connectivity index (χ2v) is 5.11. The van der Waals surface area contributed by atoms with Crippen molar-refractivity contribution in [3.8, 4) is 0 Å². The molecule has 1 N–H and O–H groups in total. The minimum Gasteiger partial charge on any atom is -0.476 e. The topological polar surface area (TPSA) is 38.3 Å². The van der Waals surface area contributed by atoms with Crippen molar-refractivity contribution in [1.82, 2.24) is 5.32 Å². The van der Waals surface area contributed by atoms with Crippen molar-refractivity contribution in [2.45, 2.75) is 24.7 Å². The van der Waals surface area contributed by atoms with E-state index in [0.29, 0.717) is 17.9 Å². The lowest BCUT2D eigenvalue weighted by Crippen LogP contribution is -2.40. The highest BCUT2D eigenvalue weighted by atomic mass is 16.5. The molecule has 96 valence electrons. The summed E-state index contributed by atoms with van der Waals surface area (Å²) in [5.74, 6) is -0.0700. The Labute approximate surface area is 116 Å². The second kappa shape index (κ2) is 6.29. The van der Waals surface area contributed by atoms with Crippen LogP contribution in [0.1, 0.15) is 29.6 Å². The van der Waals surface area contributed by atoms with Gasteiger partial charge < -0.3 is 10.1 Å². The molecule has 1 heterocycles. The summed E-state index contributed by atoms with van der Waals surface area (Å²) in [5, 5.41) is 1.88. The molecule has 3 nitrogen and oxygen atoms in total. The third-order valence-corrected chi connectivity index (χ3v) is 3.36. The average Bonchev–Trinajstić information content (AvgIpc) is 2.39. The van der Waals surface area contributed by atoms with Gasteiger partial charge in [0.2, 0.25) is 0 Å². The zero-order chi connectivity index (χ0) is 13.7. The molecule has 0 aromatic heterocycles. The SMILES string of the molecule is [B]C([B])(CC1CCNCC1)OC(=O)c1ccccc1. The summed E-state index contributed by atoms with van der Waals surface area (Å²) in [6.07, 6.45) is 2.52. The van der Waals surface area contributed by atoms with E-state index in [-0.39, 0.29) is 0 Å². The molecule has 5 heteroatoms. The van der Waals surface area contributed by atoms with Crippen molar-refractivity contribution >= 4 is 21.7 Å². The van der Waals surface area contributed by atoms with Crippen molar-refractivity contribution in [2.75, 3.05) is 13.1 Å². The van der Waals surface area contributed by atoms with Crippen LogP contribution in [0.3, 0.4) is 0 Å². The van der Waals surface area contributed by atoms with Gasteiger partial charge in [0.05, 0.1) is 5.56 Å². The summed E-state index contributed by atoms with van der Waals surface area (Å²) < 4.78 is 5.22. The molecule has 0 spiro atoms. The van der Waals surface area contributed by atoms with E-state index in [0.717, 1.165) is 25.9 Å². The Bertz CT molecular complexity index is 417. The predicted molar refractivity (Wildman–Crippen MR) is 76.3 cm³/mol. The highest BCUT2D eigenvalue weighted by molar-refractivity contribution is 6.39. The van der Waals surface area contributed by atoms with Gasteiger partial charge in [0.1, 0.15) is 15.7 Å². The van der Waals surface area contributed by atoms with E-state index in [4.69, 9.17) is 20.4 Å². The van der Waals surface area contributed by atoms with Crippen molar-refractivity contribution in [3.05, 3.63) is 35.9 Å². The second-order valence-electron chi connectivity index (χ2n) is 5.11. The van der Waals surface area contributed by atoms with Gasteiger partial charge in [-0.1, -0.05) is 18.2 Å². The first kappa shape index (κ1) is 14.2. The molecule has 1 aliphatic rings. The standard InChI is InChI=1S/C14H17B2NO2/c15-14(16,10-11-6-8-17-9-7-11)19-13(18)12-4-2-1-3-5-12/h1-5,11,17H,6-10H2. The minimum absolute atomic E-state index is 0.403. The van der Waals surface area contributed by atoms with Crippen molar-refractivity contribution < 1.29 is 9.53 Å². The Kier molecular flexibility index (Phi) is 4.70. The summed E-state index contributed by atoms with van der Waals surface area (Å²) in [5.41, 5.74) is 0.466. The normalized spacial score (nSPS) is 17.1. The monoisotopic (exact) mass is 253 g/mol. The lowest BCUT2D eigenvalue weighted by atomic mass is 9.60. The molecule has 0 unspecified atom stereocenters. The van der Waals surface area contributed by atoms with Crippen LogP contribution in [0.15, 0.2) is 30.3 Å². The van der Waals surface area contributed by atoms with E-state index < -0.39 is 11.4 Å². The lowest BCUT2D eigenvalue weighted by Gasteiger charge is -2.33. The van der Waals surface area contributed by atoms with Crippen LogP contribution in [0.5, 0.6) is 0 Å². The van der Waals surface area contributed by atoms with Crippen LogP contribution in [-0.4, -0.2) is 40.2 Å². The van der Waals surface area contributed by atoms with Crippen LogP contribution in [0, 0.1) is 5.92 Å². The van der Waals surface area contributed by atoms with E-state index in [9.17, 15) is 4.79 Å². The number of carbonyl (C=O) groups excluding carboxylic acids is 1. The number of hydrogen-bond acceptors (Lipinski definition) is 3. The molecule has 0 amide bonds. The van der Waals surface area contributed by atoms with E-state index in [2.05, 4.69) is 5.32 Å². The number of carbonyl (C=O) groups is 1. The number of ether oxygens (including phenoxy) is 1. The highest BCUT2D eigenvalue weighted by Gasteiger charge is 2.27. The number of nitrogens with one attached hydrogen (secondary N) is 1. The zero-order valence-electron chi connectivity index (χ0n) is 11.0. The molecule has 0 bridgehead atoms. The smallest absolute Gasteiger partial charge is 0.337 e. The van der Waals surface area contributed by atoms with E-state index >= 15 is 0 Å². The Hall–Kier alpha value is -1.22. The molecule has 1 saturated heterocycles. The first-order chi connectivity index (χ1) is 9.07. The molecule has 0 atom stereocenters. The maximum Gasteiger partial charge on any atom is 0.337 e. The minimum atomic E-state index is -1.39. The summed E-state index contributed by atoms with van der Waals surface area (Å²) in [4.78, 5) is 11.9. The number of piperidine rings is 1. The van der Waals surface area contributed by atoms with Gasteiger partial charge in [0.25, 0.3) is 0 Å². The van der Waals surface area contributed by atoms with Gasteiger partial charge in [0, 0.05) is 5.40 Å². The highest BCUT2D eigenvalue weighted by Crippen LogP contribution is 2.23. The Morgan fingerprint density at radius 2 is 1.89 bits per heavy atom. The van der Waals surface area contributed by atoms with Crippen LogP contribution in [0.25, 0.3) is 0 Å². The van der Waals surface area contributed by atoms with Crippen LogP contribution in [0.2, 0.25) is 0 Å². The Morgan fingerprint density at radius 1 is 1.26 bits per heavy atom. The average molecular weight is 253 g/mol. The number of benzene rings is 1. The van der Waals surface area contributed by atoms with Crippen molar-refractivity contribution in [1.29, 1.82) is 0 Å². The quantitative estimate of drug-likeness (QED) is 0.647. The van der Waals surface area contributed by atoms with Gasteiger partial charge in [-0.05, 0) is 50.4 Å². The van der Waals surface area contributed by atoms with Crippen molar-refractivity contribution in [3.63, 3.8) is 0 Å². The fourth-order valence-corrected chi connectivity index (χ4v) is 2.38. The molecule has 0 saturated carbocycles. The Balaban J connectivity index is 1.91. The van der Waals surface area contributed by atoms with Crippen LogP contribution in [-0.2, 0) is 4.74 Å². The fourth-order valence-electron chi connectivity index (χ4n) is 2.38. The molecular weight excluding hydrogens is 236 g/mol. The lowest BCUT2D eigenvalue weighted by molar-refractivity contribution is 0.0312. The number of hydrogen-bond donors (Lipinski definition) is 1. The summed E-state index contributed by atoms with van der Waals surface area (Å²) >= 11 is 0. The number of rotatable bonds is 4. The van der Waals surface area contributed by atoms with Crippen LogP contribution >= 0.6 is 0 Å². The molecule has 2 rings (SSSR count). The van der Waals surface area contributed by atoms with E-state index in [1.54, 1.807) is 24.3 Å². The molecule has 19 heavy (non-hydrogen) atoms. The third kappa shape index (κ3) is 4.43. The molecule has 1 aliphatic heterocycles. The fraction of sp³-hybridized carbons (Fsp3) is 0.500. The zero-order valence-corrected chi connectivity index (χ0v) is 11.0. The molecule has 0 aliphatic carbocycles.